The molecule has 2 atom stereocenters. The van der Waals surface area contributed by atoms with Crippen molar-refractivity contribution in [1.29, 1.82) is 0 Å². The van der Waals surface area contributed by atoms with Crippen LogP contribution >= 0.6 is 0 Å². The normalized spacial score (nSPS) is 13.6. The van der Waals surface area contributed by atoms with Gasteiger partial charge in [-0.25, -0.2) is 0 Å². The summed E-state index contributed by atoms with van der Waals surface area (Å²) in [7, 11) is 1.56. The molecule has 0 aliphatic carbocycles. The summed E-state index contributed by atoms with van der Waals surface area (Å²) >= 11 is 0. The molecule has 2 amide bonds. The fraction of sp³-hybridized carbons (Fsp3) is 0.500. The van der Waals surface area contributed by atoms with Gasteiger partial charge in [0.2, 0.25) is 11.8 Å². The zero-order valence-corrected chi connectivity index (χ0v) is 12.9. The maximum atomic E-state index is 12.1. The van der Waals surface area contributed by atoms with E-state index < -0.39 is 12.1 Å². The van der Waals surface area contributed by atoms with Crippen LogP contribution in [0.3, 0.4) is 0 Å². The van der Waals surface area contributed by atoms with Crippen molar-refractivity contribution < 1.29 is 9.59 Å². The van der Waals surface area contributed by atoms with E-state index in [1.54, 1.807) is 7.05 Å². The van der Waals surface area contributed by atoms with Gasteiger partial charge >= 0.3 is 0 Å². The SMILES string of the molecule is CNC(=O)[C@H](Cc1ccccc1)NC(=O)[C@@H](N)CC(C)C. The Hall–Kier alpha value is -1.88. The van der Waals surface area contributed by atoms with Crippen molar-refractivity contribution in [2.75, 3.05) is 7.05 Å². The third kappa shape index (κ3) is 5.95. The maximum absolute atomic E-state index is 12.1. The van der Waals surface area contributed by atoms with Gasteiger partial charge in [-0.3, -0.25) is 9.59 Å². The highest BCUT2D eigenvalue weighted by Gasteiger charge is 2.23. The lowest BCUT2D eigenvalue weighted by Gasteiger charge is -2.20. The van der Waals surface area contributed by atoms with E-state index in [9.17, 15) is 9.59 Å². The van der Waals surface area contributed by atoms with Crippen LogP contribution in [0.5, 0.6) is 0 Å². The Morgan fingerprint density at radius 1 is 1.14 bits per heavy atom. The number of nitrogens with one attached hydrogen (secondary N) is 2. The van der Waals surface area contributed by atoms with E-state index in [4.69, 9.17) is 5.73 Å². The number of hydrogen-bond donors (Lipinski definition) is 3. The molecule has 0 spiro atoms. The molecule has 5 nitrogen and oxygen atoms in total. The highest BCUT2D eigenvalue weighted by molar-refractivity contribution is 5.89. The number of amides is 2. The highest BCUT2D eigenvalue weighted by Crippen LogP contribution is 2.06. The van der Waals surface area contributed by atoms with E-state index in [-0.39, 0.29) is 11.8 Å². The van der Waals surface area contributed by atoms with E-state index in [0.29, 0.717) is 18.8 Å². The maximum Gasteiger partial charge on any atom is 0.242 e. The number of carbonyl (C=O) groups excluding carboxylic acids is 2. The van der Waals surface area contributed by atoms with Crippen LogP contribution in [-0.4, -0.2) is 30.9 Å². The van der Waals surface area contributed by atoms with Crippen molar-refractivity contribution in [3.8, 4) is 0 Å². The third-order valence-electron chi connectivity index (χ3n) is 3.22. The number of nitrogens with two attached hydrogens (primary N) is 1. The van der Waals surface area contributed by atoms with Crippen LogP contribution in [-0.2, 0) is 16.0 Å². The van der Waals surface area contributed by atoms with E-state index in [1.807, 2.05) is 44.2 Å². The van der Waals surface area contributed by atoms with Crippen LogP contribution in [0.15, 0.2) is 30.3 Å². The molecular formula is C16H25N3O2. The largest absolute Gasteiger partial charge is 0.357 e. The second-order valence-electron chi connectivity index (χ2n) is 5.60. The van der Waals surface area contributed by atoms with Gasteiger partial charge in [0.15, 0.2) is 0 Å². The van der Waals surface area contributed by atoms with Crippen molar-refractivity contribution in [3.05, 3.63) is 35.9 Å². The van der Waals surface area contributed by atoms with Gasteiger partial charge in [0, 0.05) is 13.5 Å². The van der Waals surface area contributed by atoms with E-state index in [1.165, 1.54) is 0 Å². The molecule has 21 heavy (non-hydrogen) atoms. The number of hydrogen-bond acceptors (Lipinski definition) is 3. The number of rotatable bonds is 7. The second kappa shape index (κ2) is 8.42. The highest BCUT2D eigenvalue weighted by atomic mass is 16.2. The first-order valence-electron chi connectivity index (χ1n) is 7.25. The summed E-state index contributed by atoms with van der Waals surface area (Å²) in [5, 5.41) is 5.32. The predicted molar refractivity (Wildman–Crippen MR) is 83.6 cm³/mol. The predicted octanol–water partition coefficient (Wildman–Crippen LogP) is 0.833. The molecule has 1 rings (SSSR count). The molecule has 1 aromatic rings. The van der Waals surface area contributed by atoms with Crippen LogP contribution in [0.4, 0.5) is 0 Å². The molecule has 0 radical (unpaired) electrons. The molecule has 116 valence electrons. The van der Waals surface area contributed by atoms with Gasteiger partial charge in [-0.15, -0.1) is 0 Å². The van der Waals surface area contributed by atoms with Gasteiger partial charge in [-0.2, -0.15) is 0 Å². The van der Waals surface area contributed by atoms with Crippen LogP contribution < -0.4 is 16.4 Å². The number of benzene rings is 1. The van der Waals surface area contributed by atoms with Gasteiger partial charge < -0.3 is 16.4 Å². The fourth-order valence-corrected chi connectivity index (χ4v) is 2.13. The van der Waals surface area contributed by atoms with Crippen molar-refractivity contribution in [1.82, 2.24) is 10.6 Å². The first-order chi connectivity index (χ1) is 9.93. The Morgan fingerprint density at radius 2 is 1.76 bits per heavy atom. The number of likely N-dealkylation sites (N-methyl/N-ethyl adjacent to an activating group) is 1. The molecule has 0 saturated heterocycles. The van der Waals surface area contributed by atoms with Gasteiger partial charge in [0.1, 0.15) is 6.04 Å². The Morgan fingerprint density at radius 3 is 2.29 bits per heavy atom. The quantitative estimate of drug-likeness (QED) is 0.696. The second-order valence-corrected chi connectivity index (χ2v) is 5.60. The Balaban J connectivity index is 2.70. The van der Waals surface area contributed by atoms with E-state index in [2.05, 4.69) is 10.6 Å². The number of carbonyl (C=O) groups is 2. The summed E-state index contributed by atoms with van der Waals surface area (Å²) in [5.74, 6) is -0.171. The Bertz CT molecular complexity index is 460. The van der Waals surface area contributed by atoms with Crippen molar-refractivity contribution in [2.45, 2.75) is 38.8 Å². The van der Waals surface area contributed by atoms with E-state index in [0.717, 1.165) is 5.56 Å². The Kier molecular flexibility index (Phi) is 6.88. The molecule has 0 unspecified atom stereocenters. The average Bonchev–Trinajstić information content (AvgIpc) is 2.46. The summed E-state index contributed by atoms with van der Waals surface area (Å²) in [6.45, 7) is 4.01. The van der Waals surface area contributed by atoms with Crippen LogP contribution in [0, 0.1) is 5.92 Å². The first-order valence-corrected chi connectivity index (χ1v) is 7.25. The molecule has 0 fully saturated rings. The molecule has 0 bridgehead atoms. The summed E-state index contributed by atoms with van der Waals surface area (Å²) in [6.07, 6.45) is 1.04. The van der Waals surface area contributed by atoms with Crippen LogP contribution in [0.2, 0.25) is 0 Å². The molecule has 0 heterocycles. The summed E-state index contributed by atoms with van der Waals surface area (Å²) in [4.78, 5) is 24.0. The molecule has 1 aromatic carbocycles. The lowest BCUT2D eigenvalue weighted by molar-refractivity contribution is -0.129. The molecule has 0 saturated carbocycles. The standard InChI is InChI=1S/C16H25N3O2/c1-11(2)9-13(17)15(20)19-14(16(21)18-3)10-12-7-5-4-6-8-12/h4-8,11,13-14H,9-10,17H2,1-3H3,(H,18,21)(H,19,20)/t13-,14-/m0/s1. The summed E-state index contributed by atoms with van der Waals surface area (Å²) < 4.78 is 0. The summed E-state index contributed by atoms with van der Waals surface area (Å²) in [5.41, 5.74) is 6.85. The molecular weight excluding hydrogens is 266 g/mol. The lowest BCUT2D eigenvalue weighted by atomic mass is 10.0. The van der Waals surface area contributed by atoms with Gasteiger partial charge in [-0.05, 0) is 17.9 Å². The average molecular weight is 291 g/mol. The smallest absolute Gasteiger partial charge is 0.242 e. The Labute approximate surface area is 126 Å². The van der Waals surface area contributed by atoms with Gasteiger partial charge in [0.25, 0.3) is 0 Å². The van der Waals surface area contributed by atoms with Crippen LogP contribution in [0.25, 0.3) is 0 Å². The minimum Gasteiger partial charge on any atom is -0.357 e. The molecule has 5 heteroatoms. The topological polar surface area (TPSA) is 84.2 Å². The molecule has 0 aromatic heterocycles. The minimum atomic E-state index is -0.608. The lowest BCUT2D eigenvalue weighted by Crippen LogP contribution is -2.52. The van der Waals surface area contributed by atoms with Crippen molar-refractivity contribution in [2.24, 2.45) is 11.7 Å². The zero-order valence-electron chi connectivity index (χ0n) is 12.9. The van der Waals surface area contributed by atoms with Crippen LogP contribution in [0.1, 0.15) is 25.8 Å². The molecule has 0 aliphatic heterocycles. The van der Waals surface area contributed by atoms with Crippen molar-refractivity contribution in [3.63, 3.8) is 0 Å². The fourth-order valence-electron chi connectivity index (χ4n) is 2.13. The van der Waals surface area contributed by atoms with Gasteiger partial charge in [0.05, 0.1) is 6.04 Å². The molecule has 0 aliphatic rings. The van der Waals surface area contributed by atoms with Crippen molar-refractivity contribution >= 4 is 11.8 Å². The monoisotopic (exact) mass is 291 g/mol. The molecule has 4 N–H and O–H groups in total. The minimum absolute atomic E-state index is 0.219. The third-order valence-corrected chi connectivity index (χ3v) is 3.22. The zero-order chi connectivity index (χ0) is 15.8. The first kappa shape index (κ1) is 17.2. The summed E-state index contributed by atoms with van der Waals surface area (Å²) in [6, 6.07) is 8.38. The van der Waals surface area contributed by atoms with E-state index >= 15 is 0 Å². The van der Waals surface area contributed by atoms with Gasteiger partial charge in [-0.1, -0.05) is 44.2 Å².